The lowest BCUT2D eigenvalue weighted by atomic mass is 10.1. The van der Waals surface area contributed by atoms with E-state index in [0.29, 0.717) is 22.2 Å². The van der Waals surface area contributed by atoms with Gasteiger partial charge in [0.25, 0.3) is 17.3 Å². The quantitative estimate of drug-likeness (QED) is 0.288. The van der Waals surface area contributed by atoms with E-state index in [1.165, 1.54) is 16.2 Å². The Morgan fingerprint density at radius 1 is 1.12 bits per heavy atom. The number of halogens is 1. The first kappa shape index (κ1) is 21.3. The molecule has 0 unspecified atom stereocenters. The zero-order chi connectivity index (χ0) is 22.8. The normalized spacial score (nSPS) is 10.9. The average molecular weight is 473 g/mol. The number of hydrogen-bond donors (Lipinski definition) is 0. The Morgan fingerprint density at radius 3 is 2.44 bits per heavy atom. The zero-order valence-corrected chi connectivity index (χ0v) is 17.7. The largest absolute Gasteiger partial charge is 0.282 e. The molecule has 2 aromatic heterocycles. The number of aromatic nitrogens is 3. The van der Waals surface area contributed by atoms with Crippen molar-refractivity contribution in [3.05, 3.63) is 85.7 Å². The van der Waals surface area contributed by atoms with Gasteiger partial charge in [-0.3, -0.25) is 34.6 Å². The van der Waals surface area contributed by atoms with Crippen LogP contribution in [0.2, 0.25) is 5.02 Å². The van der Waals surface area contributed by atoms with Crippen LogP contribution in [-0.2, 0) is 6.54 Å². The van der Waals surface area contributed by atoms with Crippen molar-refractivity contribution < 1.29 is 14.6 Å². The number of rotatable bonds is 7. The van der Waals surface area contributed by atoms with Crippen LogP contribution in [0.1, 0.15) is 10.4 Å². The molecule has 32 heavy (non-hydrogen) atoms. The molecule has 0 aliphatic heterocycles. The molecule has 1 amide bonds. The number of fused-ring (bicyclic) bond motifs is 1. The molecule has 162 valence electrons. The van der Waals surface area contributed by atoms with Gasteiger partial charge in [0, 0.05) is 31.1 Å². The van der Waals surface area contributed by atoms with Crippen LogP contribution in [0.4, 0.5) is 16.5 Å². The van der Waals surface area contributed by atoms with Crippen LogP contribution in [0.5, 0.6) is 0 Å². The molecule has 0 atom stereocenters. The van der Waals surface area contributed by atoms with E-state index < -0.39 is 27.1 Å². The molecule has 13 heteroatoms. The highest BCUT2D eigenvalue weighted by atomic mass is 35.5. The highest BCUT2D eigenvalue weighted by Crippen LogP contribution is 2.34. The number of non-ortho nitro benzene ring substituents is 2. The zero-order valence-electron chi connectivity index (χ0n) is 16.1. The molecule has 4 aromatic rings. The number of carbonyl (C=O) groups excluding carboxylic acids is 1. The Kier molecular flexibility index (Phi) is 5.79. The molecule has 0 radical (unpaired) electrons. The molecule has 4 rings (SSSR count). The van der Waals surface area contributed by atoms with Gasteiger partial charge in [0.1, 0.15) is 5.52 Å². The Balaban J connectivity index is 1.78. The second-order valence-electron chi connectivity index (χ2n) is 6.56. The maximum Gasteiger partial charge on any atom is 0.277 e. The molecule has 0 aliphatic carbocycles. The summed E-state index contributed by atoms with van der Waals surface area (Å²) in [6.07, 6.45) is 3.31. The molecule has 0 N–H and O–H groups in total. The molecule has 11 nitrogen and oxygen atoms in total. The van der Waals surface area contributed by atoms with Gasteiger partial charge in [-0.1, -0.05) is 29.0 Å². The van der Waals surface area contributed by atoms with E-state index in [4.69, 9.17) is 11.6 Å². The Labute approximate surface area is 188 Å². The van der Waals surface area contributed by atoms with Gasteiger partial charge < -0.3 is 0 Å². The van der Waals surface area contributed by atoms with Crippen LogP contribution in [-0.4, -0.2) is 37.1 Å². The minimum Gasteiger partial charge on any atom is -0.282 e. The number of anilines is 1. The molecule has 0 spiro atoms. The highest BCUT2D eigenvalue weighted by molar-refractivity contribution is 7.22. The number of benzene rings is 2. The molecule has 0 bridgehead atoms. The summed E-state index contributed by atoms with van der Waals surface area (Å²) in [4.78, 5) is 40.1. The number of carbonyl (C=O) groups is 1. The van der Waals surface area contributed by atoms with Crippen LogP contribution in [0.25, 0.3) is 10.2 Å². The fraction of sp³-hybridized carbons (Fsp3) is 0.105. The fourth-order valence-corrected chi connectivity index (χ4v) is 4.31. The van der Waals surface area contributed by atoms with Gasteiger partial charge in [-0.25, -0.2) is 4.98 Å². The maximum atomic E-state index is 13.4. The van der Waals surface area contributed by atoms with Gasteiger partial charge in [0.15, 0.2) is 5.13 Å². The van der Waals surface area contributed by atoms with E-state index in [-0.39, 0.29) is 12.1 Å². The van der Waals surface area contributed by atoms with Gasteiger partial charge in [-0.2, -0.15) is 5.10 Å². The summed E-state index contributed by atoms with van der Waals surface area (Å²) in [5, 5.41) is 27.3. The van der Waals surface area contributed by atoms with E-state index in [2.05, 4.69) is 10.1 Å². The molecule has 0 fully saturated rings. The number of nitro benzene ring substituents is 2. The predicted octanol–water partition coefficient (Wildman–Crippen LogP) is 4.31. The monoisotopic (exact) mass is 472 g/mol. The number of para-hydroxylation sites is 1. The van der Waals surface area contributed by atoms with Gasteiger partial charge >= 0.3 is 0 Å². The summed E-state index contributed by atoms with van der Waals surface area (Å²) >= 11 is 7.43. The van der Waals surface area contributed by atoms with Crippen LogP contribution >= 0.6 is 22.9 Å². The third-order valence-electron chi connectivity index (χ3n) is 4.52. The molecule has 0 aliphatic rings. The van der Waals surface area contributed by atoms with Crippen molar-refractivity contribution in [3.63, 3.8) is 0 Å². The summed E-state index contributed by atoms with van der Waals surface area (Å²) in [6, 6.07) is 9.79. The molecular weight excluding hydrogens is 460 g/mol. The molecule has 2 aromatic carbocycles. The molecular formula is C19H13ClN6O5S. The number of amides is 1. The topological polar surface area (TPSA) is 137 Å². The standard InChI is InChI=1S/C19H13ClN6O5S/c20-15-3-1-4-16-17(15)22-19(32-16)24(8-7-23-6-2-5-21-23)18(27)12-9-13(25(28)29)11-14(10-12)26(30)31/h1-6,9-11H,7-8H2. The van der Waals surface area contributed by atoms with Crippen molar-refractivity contribution in [1.82, 2.24) is 14.8 Å². The molecule has 0 saturated carbocycles. The van der Waals surface area contributed by atoms with Crippen LogP contribution in [0.15, 0.2) is 54.9 Å². The van der Waals surface area contributed by atoms with Crippen molar-refractivity contribution in [2.75, 3.05) is 11.4 Å². The van der Waals surface area contributed by atoms with Crippen molar-refractivity contribution in [3.8, 4) is 0 Å². The van der Waals surface area contributed by atoms with E-state index in [1.807, 2.05) is 0 Å². The summed E-state index contributed by atoms with van der Waals surface area (Å²) in [5.41, 5.74) is -0.795. The number of hydrogen-bond acceptors (Lipinski definition) is 8. The number of nitrogens with zero attached hydrogens (tertiary/aromatic N) is 6. The summed E-state index contributed by atoms with van der Waals surface area (Å²) in [7, 11) is 0. The lowest BCUT2D eigenvalue weighted by Gasteiger charge is -2.20. The Morgan fingerprint density at radius 2 is 1.84 bits per heavy atom. The number of thiazole rings is 1. The van der Waals surface area contributed by atoms with Gasteiger partial charge in [-0.15, -0.1) is 0 Å². The van der Waals surface area contributed by atoms with Gasteiger partial charge in [-0.05, 0) is 18.2 Å². The average Bonchev–Trinajstić information content (AvgIpc) is 3.44. The van der Waals surface area contributed by atoms with Gasteiger partial charge in [0.2, 0.25) is 0 Å². The van der Waals surface area contributed by atoms with Crippen LogP contribution in [0.3, 0.4) is 0 Å². The first-order valence-corrected chi connectivity index (χ1v) is 10.3. The van der Waals surface area contributed by atoms with Crippen molar-refractivity contribution in [2.45, 2.75) is 6.54 Å². The van der Waals surface area contributed by atoms with E-state index in [1.54, 1.807) is 41.3 Å². The highest BCUT2D eigenvalue weighted by Gasteiger charge is 2.26. The minimum absolute atomic E-state index is 0.119. The summed E-state index contributed by atoms with van der Waals surface area (Å²) in [5.74, 6) is -0.667. The van der Waals surface area contributed by atoms with E-state index in [0.717, 1.165) is 22.9 Å². The third-order valence-corrected chi connectivity index (χ3v) is 5.87. The lowest BCUT2D eigenvalue weighted by molar-refractivity contribution is -0.394. The van der Waals surface area contributed by atoms with Gasteiger partial charge in [0.05, 0.1) is 37.7 Å². The Bertz CT molecular complexity index is 1310. The summed E-state index contributed by atoms with van der Waals surface area (Å²) < 4.78 is 2.35. The minimum atomic E-state index is -0.782. The van der Waals surface area contributed by atoms with Crippen molar-refractivity contribution >= 4 is 55.6 Å². The smallest absolute Gasteiger partial charge is 0.277 e. The summed E-state index contributed by atoms with van der Waals surface area (Å²) in [6.45, 7) is 0.424. The SMILES string of the molecule is O=C(c1cc([N+](=O)[O-])cc([N+](=O)[O-])c1)N(CCn1cccn1)c1nc2c(Cl)cccc2s1. The number of nitro groups is 2. The first-order valence-electron chi connectivity index (χ1n) is 9.11. The molecule has 2 heterocycles. The first-order chi connectivity index (χ1) is 15.3. The van der Waals surface area contributed by atoms with Crippen molar-refractivity contribution in [1.29, 1.82) is 0 Å². The van der Waals surface area contributed by atoms with Crippen LogP contribution < -0.4 is 4.90 Å². The second kappa shape index (κ2) is 8.69. The van der Waals surface area contributed by atoms with Crippen LogP contribution in [0, 0.1) is 20.2 Å². The van der Waals surface area contributed by atoms with Crippen molar-refractivity contribution in [2.24, 2.45) is 0 Å². The maximum absolute atomic E-state index is 13.4. The third kappa shape index (κ3) is 4.26. The van der Waals surface area contributed by atoms with E-state index >= 15 is 0 Å². The lowest BCUT2D eigenvalue weighted by Crippen LogP contribution is -2.34. The molecule has 0 saturated heterocycles. The fourth-order valence-electron chi connectivity index (χ4n) is 3.02. The predicted molar refractivity (Wildman–Crippen MR) is 118 cm³/mol. The van der Waals surface area contributed by atoms with E-state index in [9.17, 15) is 25.0 Å². The second-order valence-corrected chi connectivity index (χ2v) is 7.98. The Hall–Kier alpha value is -3.90.